The number of aromatic amines is 1. The number of H-pyrrole nitrogens is 1. The van der Waals surface area contributed by atoms with Gasteiger partial charge in [0.15, 0.2) is 5.43 Å². The summed E-state index contributed by atoms with van der Waals surface area (Å²) in [5.74, 6) is -0.241. The van der Waals surface area contributed by atoms with Gasteiger partial charge in [0, 0.05) is 37.6 Å². The van der Waals surface area contributed by atoms with Crippen molar-refractivity contribution in [1.29, 1.82) is 0 Å². The molecule has 5 heteroatoms. The maximum absolute atomic E-state index is 12.2. The highest BCUT2D eigenvalue weighted by molar-refractivity contribution is 5.93. The van der Waals surface area contributed by atoms with E-state index >= 15 is 0 Å². The molecule has 0 atom stereocenters. The van der Waals surface area contributed by atoms with Crippen molar-refractivity contribution >= 4 is 5.91 Å². The van der Waals surface area contributed by atoms with Gasteiger partial charge in [0.05, 0.1) is 0 Å². The van der Waals surface area contributed by atoms with Crippen LogP contribution >= 0.6 is 0 Å². The Morgan fingerprint density at radius 3 is 2.72 bits per heavy atom. The molecule has 1 aromatic heterocycles. The summed E-state index contributed by atoms with van der Waals surface area (Å²) < 4.78 is 0. The van der Waals surface area contributed by atoms with Gasteiger partial charge in [0.1, 0.15) is 5.56 Å². The normalized spacial score (nSPS) is 10.4. The molecule has 0 saturated heterocycles. The molecule has 0 aliphatic heterocycles. The fourth-order valence-corrected chi connectivity index (χ4v) is 1.73. The predicted octanol–water partition coefficient (Wildman–Crippen LogP) is 0.884. The van der Waals surface area contributed by atoms with Gasteiger partial charge >= 0.3 is 0 Å². The Bertz CT molecular complexity index is 454. The first kappa shape index (κ1) is 14.4. The van der Waals surface area contributed by atoms with E-state index in [0.717, 1.165) is 18.5 Å². The van der Waals surface area contributed by atoms with Gasteiger partial charge in [-0.15, -0.1) is 0 Å². The van der Waals surface area contributed by atoms with E-state index in [1.54, 1.807) is 11.8 Å². The van der Waals surface area contributed by atoms with E-state index in [-0.39, 0.29) is 16.9 Å². The third kappa shape index (κ3) is 3.70. The minimum Gasteiger partial charge on any atom is -0.364 e. The van der Waals surface area contributed by atoms with Crippen molar-refractivity contribution in [2.45, 2.75) is 26.7 Å². The number of aromatic nitrogens is 1. The zero-order valence-corrected chi connectivity index (χ0v) is 11.0. The second kappa shape index (κ2) is 6.96. The second-order valence-electron chi connectivity index (χ2n) is 4.33. The van der Waals surface area contributed by atoms with Gasteiger partial charge in [-0.05, 0) is 13.3 Å². The Morgan fingerprint density at radius 1 is 1.44 bits per heavy atom. The average Bonchev–Trinajstić information content (AvgIpc) is 2.33. The number of nitrogens with zero attached hydrogens (tertiary/aromatic N) is 1. The first-order chi connectivity index (χ1) is 8.60. The Balaban J connectivity index is 2.90. The summed E-state index contributed by atoms with van der Waals surface area (Å²) in [6.45, 7) is 5.36. The molecular weight excluding hydrogens is 230 g/mol. The molecule has 18 heavy (non-hydrogen) atoms. The summed E-state index contributed by atoms with van der Waals surface area (Å²) >= 11 is 0. The molecule has 0 saturated carbocycles. The first-order valence-corrected chi connectivity index (χ1v) is 6.28. The zero-order chi connectivity index (χ0) is 13.5. The molecule has 0 aliphatic carbocycles. The highest BCUT2D eigenvalue weighted by atomic mass is 16.2. The van der Waals surface area contributed by atoms with Crippen molar-refractivity contribution in [2.75, 3.05) is 19.6 Å². The lowest BCUT2D eigenvalue weighted by Crippen LogP contribution is -2.38. The SMILES string of the molecule is CCCCN(CCN)C(=O)c1c[nH]c(C)cc1=O. The lowest BCUT2D eigenvalue weighted by Gasteiger charge is -2.21. The van der Waals surface area contributed by atoms with Crippen LogP contribution in [0.2, 0.25) is 0 Å². The Labute approximate surface area is 107 Å². The van der Waals surface area contributed by atoms with Crippen molar-refractivity contribution in [3.8, 4) is 0 Å². The first-order valence-electron chi connectivity index (χ1n) is 6.28. The van der Waals surface area contributed by atoms with Gasteiger partial charge in [-0.25, -0.2) is 0 Å². The molecule has 1 amide bonds. The third-order valence-electron chi connectivity index (χ3n) is 2.76. The van der Waals surface area contributed by atoms with Gasteiger partial charge in [-0.1, -0.05) is 13.3 Å². The Hall–Kier alpha value is -1.62. The summed E-state index contributed by atoms with van der Waals surface area (Å²) in [7, 11) is 0. The molecule has 0 spiro atoms. The molecular formula is C13H21N3O2. The minimum absolute atomic E-state index is 0.185. The van der Waals surface area contributed by atoms with Crippen molar-refractivity contribution in [3.05, 3.63) is 33.7 Å². The maximum Gasteiger partial charge on any atom is 0.259 e. The molecule has 1 aromatic rings. The number of unbranched alkanes of at least 4 members (excludes halogenated alkanes) is 1. The van der Waals surface area contributed by atoms with Crippen LogP contribution in [0.3, 0.4) is 0 Å². The van der Waals surface area contributed by atoms with Crippen LogP contribution < -0.4 is 11.2 Å². The van der Waals surface area contributed by atoms with E-state index in [1.807, 2.05) is 0 Å². The van der Waals surface area contributed by atoms with E-state index < -0.39 is 0 Å². The monoisotopic (exact) mass is 251 g/mol. The number of aryl methyl sites for hydroxylation is 1. The summed E-state index contributed by atoms with van der Waals surface area (Å²) in [5.41, 5.74) is 6.19. The number of hydrogen-bond donors (Lipinski definition) is 2. The highest BCUT2D eigenvalue weighted by Gasteiger charge is 2.17. The quantitative estimate of drug-likeness (QED) is 0.788. The van der Waals surface area contributed by atoms with Crippen LogP contribution in [0.4, 0.5) is 0 Å². The molecule has 0 aliphatic rings. The number of nitrogens with two attached hydrogens (primary N) is 1. The van der Waals surface area contributed by atoms with Crippen molar-refractivity contribution < 1.29 is 4.79 Å². The molecule has 1 rings (SSSR count). The highest BCUT2D eigenvalue weighted by Crippen LogP contribution is 2.02. The largest absolute Gasteiger partial charge is 0.364 e. The van der Waals surface area contributed by atoms with Gasteiger partial charge in [0.25, 0.3) is 5.91 Å². The van der Waals surface area contributed by atoms with Crippen LogP contribution in [-0.2, 0) is 0 Å². The van der Waals surface area contributed by atoms with Gasteiger partial charge in [-0.2, -0.15) is 0 Å². The molecule has 0 fully saturated rings. The lowest BCUT2D eigenvalue weighted by molar-refractivity contribution is 0.0756. The van der Waals surface area contributed by atoms with Gasteiger partial charge in [0.2, 0.25) is 0 Å². The summed E-state index contributed by atoms with van der Waals surface area (Å²) in [5, 5.41) is 0. The zero-order valence-electron chi connectivity index (χ0n) is 11.0. The molecule has 1 heterocycles. The van der Waals surface area contributed by atoms with Crippen LogP contribution in [0.15, 0.2) is 17.1 Å². The fourth-order valence-electron chi connectivity index (χ4n) is 1.73. The molecule has 5 nitrogen and oxygen atoms in total. The number of carbonyl (C=O) groups excluding carboxylic acids is 1. The molecule has 3 N–H and O–H groups in total. The summed E-state index contributed by atoms with van der Waals surface area (Å²) in [4.78, 5) is 28.5. The molecule has 100 valence electrons. The van der Waals surface area contributed by atoms with E-state index in [1.165, 1.54) is 12.3 Å². The standard InChI is InChI=1S/C13H21N3O2/c1-3-4-6-16(7-5-14)13(18)11-9-15-10(2)8-12(11)17/h8-9H,3-7,14H2,1-2H3,(H,15,17). The predicted molar refractivity (Wildman–Crippen MR) is 71.7 cm³/mol. The number of pyridine rings is 1. The number of carbonyl (C=O) groups is 1. The van der Waals surface area contributed by atoms with Gasteiger partial charge < -0.3 is 15.6 Å². The van der Waals surface area contributed by atoms with Crippen molar-refractivity contribution in [1.82, 2.24) is 9.88 Å². The number of hydrogen-bond acceptors (Lipinski definition) is 3. The number of amides is 1. The maximum atomic E-state index is 12.2. The lowest BCUT2D eigenvalue weighted by atomic mass is 10.2. The molecule has 0 radical (unpaired) electrons. The number of rotatable bonds is 6. The summed E-state index contributed by atoms with van der Waals surface area (Å²) in [6, 6.07) is 1.44. The number of nitrogens with one attached hydrogen (secondary N) is 1. The van der Waals surface area contributed by atoms with Crippen LogP contribution in [-0.4, -0.2) is 35.4 Å². The van der Waals surface area contributed by atoms with Crippen molar-refractivity contribution in [3.63, 3.8) is 0 Å². The minimum atomic E-state index is -0.241. The van der Waals surface area contributed by atoms with E-state index in [9.17, 15) is 9.59 Å². The molecule has 0 bridgehead atoms. The topological polar surface area (TPSA) is 79.2 Å². The van der Waals surface area contributed by atoms with Crippen LogP contribution in [0.25, 0.3) is 0 Å². The van der Waals surface area contributed by atoms with E-state index in [4.69, 9.17) is 5.73 Å². The second-order valence-corrected chi connectivity index (χ2v) is 4.33. The van der Waals surface area contributed by atoms with Crippen LogP contribution in [0.5, 0.6) is 0 Å². The smallest absolute Gasteiger partial charge is 0.259 e. The Morgan fingerprint density at radius 2 is 2.17 bits per heavy atom. The van der Waals surface area contributed by atoms with Crippen LogP contribution in [0, 0.1) is 6.92 Å². The Kier molecular flexibility index (Phi) is 5.58. The fraction of sp³-hybridized carbons (Fsp3) is 0.538. The third-order valence-corrected chi connectivity index (χ3v) is 2.76. The van der Waals surface area contributed by atoms with Gasteiger partial charge in [-0.3, -0.25) is 9.59 Å². The van der Waals surface area contributed by atoms with Crippen molar-refractivity contribution in [2.24, 2.45) is 5.73 Å². The summed E-state index contributed by atoms with van der Waals surface area (Å²) in [6.07, 6.45) is 3.39. The molecule has 0 aromatic carbocycles. The average molecular weight is 251 g/mol. The van der Waals surface area contributed by atoms with E-state index in [2.05, 4.69) is 11.9 Å². The van der Waals surface area contributed by atoms with E-state index in [0.29, 0.717) is 19.6 Å². The molecule has 0 unspecified atom stereocenters. The van der Waals surface area contributed by atoms with Crippen LogP contribution in [0.1, 0.15) is 35.8 Å².